The van der Waals surface area contributed by atoms with Crippen LogP contribution in [0.4, 0.5) is 5.69 Å². The lowest BCUT2D eigenvalue weighted by atomic mass is 10.1. The quantitative estimate of drug-likeness (QED) is 0.575. The highest BCUT2D eigenvalue weighted by atomic mass is 16.5. The summed E-state index contributed by atoms with van der Waals surface area (Å²) in [6.07, 6.45) is -0.906. The van der Waals surface area contributed by atoms with Gasteiger partial charge in [0.2, 0.25) is 0 Å². The summed E-state index contributed by atoms with van der Waals surface area (Å²) in [5, 5.41) is 20.2. The number of amides is 1. The van der Waals surface area contributed by atoms with E-state index in [9.17, 15) is 14.4 Å². The Bertz CT molecular complexity index is 506. The van der Waals surface area contributed by atoms with Crippen molar-refractivity contribution in [1.29, 1.82) is 0 Å². The van der Waals surface area contributed by atoms with Gasteiger partial charge in [0.05, 0.1) is 11.1 Å². The molecule has 0 aliphatic heterocycles. The number of ether oxygens (including phenoxy) is 1. The van der Waals surface area contributed by atoms with E-state index in [1.807, 2.05) is 0 Å². The molecule has 0 fully saturated rings. The fourth-order valence-corrected chi connectivity index (χ4v) is 1.48. The normalized spacial score (nSPS) is 11.7. The average molecular weight is 282 g/mol. The molecule has 1 unspecified atom stereocenters. The monoisotopic (exact) mass is 282 g/mol. The fourth-order valence-electron chi connectivity index (χ4n) is 1.48. The molecular weight excluding hydrogens is 268 g/mol. The largest absolute Gasteiger partial charge is 0.478 e. The summed E-state index contributed by atoms with van der Waals surface area (Å²) in [4.78, 5) is 33.5. The number of anilines is 1. The molecule has 0 spiro atoms. The lowest BCUT2D eigenvalue weighted by Crippen LogP contribution is -2.36. The number of methoxy groups -OCH3 is 1. The number of carboxylic acids is 2. The Balaban J connectivity index is 3.08. The van der Waals surface area contributed by atoms with E-state index >= 15 is 0 Å². The Morgan fingerprint density at radius 3 is 2.05 bits per heavy atom. The SMILES string of the molecule is COC(CN)C(=O)Nc1cc(C(=O)O)cc(C(=O)O)c1. The van der Waals surface area contributed by atoms with E-state index < -0.39 is 23.9 Å². The van der Waals surface area contributed by atoms with Crippen LogP contribution in [-0.4, -0.2) is 47.8 Å². The standard InChI is InChI=1S/C12H14N2O6/c1-20-9(5-13)10(15)14-8-3-6(11(16)17)2-7(4-8)12(18)19/h2-4,9H,5,13H2,1H3,(H,14,15)(H,16,17)(H,18,19). The fraction of sp³-hybridized carbons (Fsp3) is 0.250. The molecule has 108 valence electrons. The van der Waals surface area contributed by atoms with Gasteiger partial charge in [0.15, 0.2) is 0 Å². The van der Waals surface area contributed by atoms with Crippen molar-refractivity contribution >= 4 is 23.5 Å². The maximum absolute atomic E-state index is 11.7. The van der Waals surface area contributed by atoms with Crippen molar-refractivity contribution in [1.82, 2.24) is 0 Å². The molecule has 0 aromatic heterocycles. The second-order valence-electron chi connectivity index (χ2n) is 3.86. The first-order chi connectivity index (χ1) is 9.38. The van der Waals surface area contributed by atoms with Gasteiger partial charge in [-0.25, -0.2) is 9.59 Å². The third kappa shape index (κ3) is 3.77. The molecule has 0 radical (unpaired) electrons. The van der Waals surface area contributed by atoms with E-state index in [4.69, 9.17) is 20.7 Å². The van der Waals surface area contributed by atoms with Crippen molar-refractivity contribution in [2.75, 3.05) is 19.0 Å². The van der Waals surface area contributed by atoms with Crippen molar-refractivity contribution in [3.05, 3.63) is 29.3 Å². The zero-order valence-electron chi connectivity index (χ0n) is 10.6. The molecule has 0 aliphatic rings. The molecule has 5 N–H and O–H groups in total. The van der Waals surface area contributed by atoms with Crippen molar-refractivity contribution in [3.8, 4) is 0 Å². The Hall–Kier alpha value is -2.45. The minimum Gasteiger partial charge on any atom is -0.478 e. The predicted molar refractivity (Wildman–Crippen MR) is 68.8 cm³/mol. The highest BCUT2D eigenvalue weighted by molar-refractivity contribution is 5.99. The molecule has 0 aliphatic carbocycles. The molecule has 0 heterocycles. The molecule has 1 aromatic carbocycles. The van der Waals surface area contributed by atoms with Crippen LogP contribution in [0.25, 0.3) is 0 Å². The highest BCUT2D eigenvalue weighted by Crippen LogP contribution is 2.16. The van der Waals surface area contributed by atoms with Gasteiger partial charge in [-0.3, -0.25) is 4.79 Å². The number of nitrogens with one attached hydrogen (secondary N) is 1. The summed E-state index contributed by atoms with van der Waals surface area (Å²) < 4.78 is 4.82. The van der Waals surface area contributed by atoms with Gasteiger partial charge in [0.25, 0.3) is 5.91 Å². The van der Waals surface area contributed by atoms with Crippen LogP contribution in [0.5, 0.6) is 0 Å². The predicted octanol–water partition coefficient (Wildman–Crippen LogP) is -0.00480. The Morgan fingerprint density at radius 2 is 1.70 bits per heavy atom. The molecule has 1 atom stereocenters. The van der Waals surface area contributed by atoms with Crippen molar-refractivity contribution < 1.29 is 29.3 Å². The maximum Gasteiger partial charge on any atom is 0.335 e. The van der Waals surface area contributed by atoms with Crippen molar-refractivity contribution in [2.24, 2.45) is 5.73 Å². The van der Waals surface area contributed by atoms with Gasteiger partial charge < -0.3 is 26.0 Å². The molecular formula is C12H14N2O6. The van der Waals surface area contributed by atoms with Gasteiger partial charge in [-0.2, -0.15) is 0 Å². The zero-order chi connectivity index (χ0) is 15.3. The Kier molecular flexibility index (Phi) is 5.18. The van der Waals surface area contributed by atoms with Crippen LogP contribution >= 0.6 is 0 Å². The summed E-state index contributed by atoms with van der Waals surface area (Å²) in [6, 6.07) is 3.29. The van der Waals surface area contributed by atoms with Crippen molar-refractivity contribution in [3.63, 3.8) is 0 Å². The van der Waals surface area contributed by atoms with E-state index in [1.165, 1.54) is 7.11 Å². The number of hydrogen-bond acceptors (Lipinski definition) is 5. The number of aromatic carboxylic acids is 2. The van der Waals surface area contributed by atoms with Gasteiger partial charge in [0, 0.05) is 19.3 Å². The molecule has 0 bridgehead atoms. The van der Waals surface area contributed by atoms with Crippen LogP contribution in [0.2, 0.25) is 0 Å². The van der Waals surface area contributed by atoms with Crippen LogP contribution in [-0.2, 0) is 9.53 Å². The summed E-state index contributed by atoms with van der Waals surface area (Å²) >= 11 is 0. The zero-order valence-corrected chi connectivity index (χ0v) is 10.6. The third-order valence-electron chi connectivity index (χ3n) is 2.49. The molecule has 8 nitrogen and oxygen atoms in total. The van der Waals surface area contributed by atoms with Gasteiger partial charge in [-0.15, -0.1) is 0 Å². The first kappa shape index (κ1) is 15.6. The topological polar surface area (TPSA) is 139 Å². The van der Waals surface area contributed by atoms with Crippen LogP contribution in [0.1, 0.15) is 20.7 Å². The summed E-state index contributed by atoms with van der Waals surface area (Å²) in [5.41, 5.74) is 4.87. The molecule has 0 saturated carbocycles. The maximum atomic E-state index is 11.7. The molecule has 1 rings (SSSR count). The van der Waals surface area contributed by atoms with Gasteiger partial charge >= 0.3 is 11.9 Å². The number of carbonyl (C=O) groups is 3. The number of rotatable bonds is 6. The first-order valence-electron chi connectivity index (χ1n) is 5.54. The number of nitrogens with two attached hydrogens (primary N) is 1. The van der Waals surface area contributed by atoms with Crippen LogP contribution in [0, 0.1) is 0 Å². The smallest absolute Gasteiger partial charge is 0.335 e. The van der Waals surface area contributed by atoms with Crippen LogP contribution < -0.4 is 11.1 Å². The minimum absolute atomic E-state index is 0.0443. The highest BCUT2D eigenvalue weighted by Gasteiger charge is 2.18. The number of carbonyl (C=O) groups excluding carboxylic acids is 1. The van der Waals surface area contributed by atoms with Crippen molar-refractivity contribution in [2.45, 2.75) is 6.10 Å². The summed E-state index contributed by atoms with van der Waals surface area (Å²) in [6.45, 7) is -0.0628. The van der Waals surface area contributed by atoms with E-state index in [-0.39, 0.29) is 23.4 Å². The average Bonchev–Trinajstić information content (AvgIpc) is 2.39. The second kappa shape index (κ2) is 6.64. The van der Waals surface area contributed by atoms with E-state index in [1.54, 1.807) is 0 Å². The Morgan fingerprint density at radius 1 is 1.20 bits per heavy atom. The minimum atomic E-state index is -1.30. The molecule has 1 amide bonds. The lowest BCUT2D eigenvalue weighted by Gasteiger charge is -2.13. The van der Waals surface area contributed by atoms with E-state index in [0.717, 1.165) is 18.2 Å². The molecule has 8 heteroatoms. The number of carboxylic acid groups (broad SMARTS) is 2. The summed E-state index contributed by atoms with van der Waals surface area (Å²) in [7, 11) is 1.30. The van der Waals surface area contributed by atoms with Crippen LogP contribution in [0.3, 0.4) is 0 Å². The van der Waals surface area contributed by atoms with E-state index in [2.05, 4.69) is 5.32 Å². The van der Waals surface area contributed by atoms with Gasteiger partial charge in [-0.1, -0.05) is 0 Å². The van der Waals surface area contributed by atoms with Gasteiger partial charge in [-0.05, 0) is 18.2 Å². The first-order valence-corrected chi connectivity index (χ1v) is 5.54. The third-order valence-corrected chi connectivity index (χ3v) is 2.49. The molecule has 20 heavy (non-hydrogen) atoms. The number of hydrogen-bond donors (Lipinski definition) is 4. The molecule has 0 saturated heterocycles. The van der Waals surface area contributed by atoms with Gasteiger partial charge in [0.1, 0.15) is 6.10 Å². The Labute approximate surface area is 114 Å². The van der Waals surface area contributed by atoms with E-state index in [0.29, 0.717) is 0 Å². The lowest BCUT2D eigenvalue weighted by molar-refractivity contribution is -0.125. The second-order valence-corrected chi connectivity index (χ2v) is 3.86. The summed E-state index contributed by atoms with van der Waals surface area (Å²) in [5.74, 6) is -3.19. The van der Waals surface area contributed by atoms with Crippen LogP contribution in [0.15, 0.2) is 18.2 Å². The molecule has 1 aromatic rings. The number of benzene rings is 1.